The molecule has 4 nitrogen and oxygen atoms in total. The number of amides is 2. The monoisotopic (exact) mass is 219 g/mol. The van der Waals surface area contributed by atoms with Crippen molar-refractivity contribution >= 4 is 11.7 Å². The first-order valence-corrected chi connectivity index (χ1v) is 5.46. The number of fused-ring (bicyclic) bond motifs is 1. The number of urea groups is 1. The highest BCUT2D eigenvalue weighted by atomic mass is 16.2. The number of carbonyl (C=O) groups is 1. The summed E-state index contributed by atoms with van der Waals surface area (Å²) in [6, 6.07) is 8.34. The van der Waals surface area contributed by atoms with Gasteiger partial charge in [0.15, 0.2) is 0 Å². The second-order valence-electron chi connectivity index (χ2n) is 4.28. The molecule has 1 aliphatic rings. The predicted octanol–water partition coefficient (Wildman–Crippen LogP) is 1.29. The van der Waals surface area contributed by atoms with Crippen LogP contribution in [0.1, 0.15) is 5.56 Å². The first-order valence-electron chi connectivity index (χ1n) is 5.46. The Hall–Kier alpha value is -1.71. The molecular formula is C12H17N3O. The van der Waals surface area contributed by atoms with E-state index in [1.807, 2.05) is 12.1 Å². The summed E-state index contributed by atoms with van der Waals surface area (Å²) in [5.41, 5.74) is 2.44. The molecular weight excluding hydrogens is 202 g/mol. The van der Waals surface area contributed by atoms with Gasteiger partial charge in [-0.15, -0.1) is 0 Å². The molecule has 1 atom stereocenters. The van der Waals surface area contributed by atoms with E-state index in [0.717, 1.165) is 13.0 Å². The Morgan fingerprint density at radius 3 is 2.94 bits per heavy atom. The molecule has 1 aromatic carbocycles. The van der Waals surface area contributed by atoms with Crippen molar-refractivity contribution in [3.63, 3.8) is 0 Å². The van der Waals surface area contributed by atoms with E-state index in [1.54, 1.807) is 19.0 Å². The Morgan fingerprint density at radius 2 is 2.19 bits per heavy atom. The van der Waals surface area contributed by atoms with Crippen molar-refractivity contribution in [3.05, 3.63) is 29.8 Å². The van der Waals surface area contributed by atoms with Gasteiger partial charge in [-0.3, -0.25) is 0 Å². The molecule has 2 N–H and O–H groups in total. The summed E-state index contributed by atoms with van der Waals surface area (Å²) in [4.78, 5) is 13.1. The number of hydrogen-bond donors (Lipinski definition) is 2. The topological polar surface area (TPSA) is 44.4 Å². The van der Waals surface area contributed by atoms with Crippen LogP contribution in [-0.2, 0) is 6.42 Å². The van der Waals surface area contributed by atoms with Crippen molar-refractivity contribution in [3.8, 4) is 0 Å². The van der Waals surface area contributed by atoms with Gasteiger partial charge < -0.3 is 15.5 Å². The van der Waals surface area contributed by atoms with Crippen LogP contribution in [0.5, 0.6) is 0 Å². The van der Waals surface area contributed by atoms with Crippen molar-refractivity contribution in [1.82, 2.24) is 10.2 Å². The molecule has 0 fully saturated rings. The average molecular weight is 219 g/mol. The lowest BCUT2D eigenvalue weighted by molar-refractivity contribution is 0.213. The normalized spacial score (nSPS) is 18.2. The molecule has 1 aliphatic heterocycles. The first kappa shape index (κ1) is 10.8. The van der Waals surface area contributed by atoms with E-state index in [0.29, 0.717) is 0 Å². The van der Waals surface area contributed by atoms with Crippen molar-refractivity contribution < 1.29 is 4.79 Å². The third kappa shape index (κ3) is 2.27. The van der Waals surface area contributed by atoms with Gasteiger partial charge in [0.25, 0.3) is 0 Å². The molecule has 0 saturated heterocycles. The molecule has 0 bridgehead atoms. The third-order valence-electron chi connectivity index (χ3n) is 2.76. The third-order valence-corrected chi connectivity index (χ3v) is 2.76. The van der Waals surface area contributed by atoms with Crippen molar-refractivity contribution in [2.24, 2.45) is 0 Å². The second kappa shape index (κ2) is 4.43. The van der Waals surface area contributed by atoms with E-state index >= 15 is 0 Å². The zero-order valence-corrected chi connectivity index (χ0v) is 9.66. The summed E-state index contributed by atoms with van der Waals surface area (Å²) in [6.07, 6.45) is 0.892. The van der Waals surface area contributed by atoms with Gasteiger partial charge in [0, 0.05) is 26.3 Å². The Morgan fingerprint density at radius 1 is 1.44 bits per heavy atom. The van der Waals surface area contributed by atoms with Gasteiger partial charge in [-0.05, 0) is 18.1 Å². The summed E-state index contributed by atoms with van der Waals surface area (Å²) >= 11 is 0. The standard InChI is InChI=1S/C12H17N3O/c1-15(2)12(16)14-10-7-9-5-3-4-6-11(9)13-8-10/h3-6,10,13H,7-8H2,1-2H3,(H,14,16)/t10-/m1/s1. The molecule has 0 aromatic heterocycles. The van der Waals surface area contributed by atoms with Crippen molar-refractivity contribution in [2.45, 2.75) is 12.5 Å². The summed E-state index contributed by atoms with van der Waals surface area (Å²) in [5.74, 6) is 0. The highest BCUT2D eigenvalue weighted by Gasteiger charge is 2.19. The lowest BCUT2D eigenvalue weighted by Gasteiger charge is -2.27. The van der Waals surface area contributed by atoms with E-state index in [2.05, 4.69) is 22.8 Å². The average Bonchev–Trinajstić information content (AvgIpc) is 2.28. The lowest BCUT2D eigenvalue weighted by atomic mass is 10.00. The highest BCUT2D eigenvalue weighted by molar-refractivity contribution is 5.74. The summed E-state index contributed by atoms with van der Waals surface area (Å²) in [6.45, 7) is 0.788. The van der Waals surface area contributed by atoms with E-state index in [1.165, 1.54) is 11.3 Å². The number of para-hydroxylation sites is 1. The molecule has 2 rings (SSSR count). The predicted molar refractivity (Wildman–Crippen MR) is 64.6 cm³/mol. The summed E-state index contributed by atoms with van der Waals surface area (Å²) in [5, 5.41) is 6.31. The van der Waals surface area contributed by atoms with Gasteiger partial charge in [0.2, 0.25) is 0 Å². The zero-order chi connectivity index (χ0) is 11.5. The van der Waals surface area contributed by atoms with Crippen molar-refractivity contribution in [2.75, 3.05) is 26.0 Å². The van der Waals surface area contributed by atoms with Crippen molar-refractivity contribution in [1.29, 1.82) is 0 Å². The molecule has 1 heterocycles. The molecule has 0 aliphatic carbocycles. The van der Waals surface area contributed by atoms with Gasteiger partial charge in [0.1, 0.15) is 0 Å². The van der Waals surface area contributed by atoms with Gasteiger partial charge >= 0.3 is 6.03 Å². The molecule has 1 aromatic rings. The quantitative estimate of drug-likeness (QED) is 0.747. The first-order chi connectivity index (χ1) is 7.66. The Balaban J connectivity index is 2.00. The Labute approximate surface area is 95.6 Å². The van der Waals surface area contributed by atoms with Crippen LogP contribution >= 0.6 is 0 Å². The molecule has 86 valence electrons. The number of hydrogen-bond acceptors (Lipinski definition) is 2. The van der Waals surface area contributed by atoms with E-state index in [9.17, 15) is 4.79 Å². The summed E-state index contributed by atoms with van der Waals surface area (Å²) < 4.78 is 0. The van der Waals surface area contributed by atoms with E-state index in [4.69, 9.17) is 0 Å². The minimum absolute atomic E-state index is 0.0359. The Kier molecular flexibility index (Phi) is 2.99. The lowest BCUT2D eigenvalue weighted by Crippen LogP contribution is -2.47. The van der Waals surface area contributed by atoms with Crippen LogP contribution in [0.15, 0.2) is 24.3 Å². The number of benzene rings is 1. The molecule has 0 unspecified atom stereocenters. The fourth-order valence-corrected chi connectivity index (χ4v) is 1.85. The molecule has 16 heavy (non-hydrogen) atoms. The molecule has 0 radical (unpaired) electrons. The molecule has 0 saturated carbocycles. The number of carbonyl (C=O) groups excluding carboxylic acids is 1. The Bertz CT molecular complexity index is 390. The second-order valence-corrected chi connectivity index (χ2v) is 4.28. The maximum absolute atomic E-state index is 11.5. The highest BCUT2D eigenvalue weighted by Crippen LogP contribution is 2.20. The number of nitrogens with one attached hydrogen (secondary N) is 2. The van der Waals surface area contributed by atoms with E-state index in [-0.39, 0.29) is 12.1 Å². The van der Waals surface area contributed by atoms with Gasteiger partial charge in [-0.2, -0.15) is 0 Å². The minimum Gasteiger partial charge on any atom is -0.383 e. The zero-order valence-electron chi connectivity index (χ0n) is 9.66. The molecule has 4 heteroatoms. The van der Waals surface area contributed by atoms with Crippen LogP contribution in [-0.4, -0.2) is 37.6 Å². The number of rotatable bonds is 1. The van der Waals surface area contributed by atoms with Crippen LogP contribution in [0.25, 0.3) is 0 Å². The van der Waals surface area contributed by atoms with Crippen LogP contribution < -0.4 is 10.6 Å². The van der Waals surface area contributed by atoms with Gasteiger partial charge in [0.05, 0.1) is 6.04 Å². The smallest absolute Gasteiger partial charge is 0.317 e. The van der Waals surface area contributed by atoms with Crippen LogP contribution in [0.4, 0.5) is 10.5 Å². The maximum Gasteiger partial charge on any atom is 0.317 e. The van der Waals surface area contributed by atoms with Gasteiger partial charge in [-0.25, -0.2) is 4.79 Å². The fraction of sp³-hybridized carbons (Fsp3) is 0.417. The maximum atomic E-state index is 11.5. The van der Waals surface area contributed by atoms with E-state index < -0.39 is 0 Å². The van der Waals surface area contributed by atoms with Gasteiger partial charge in [-0.1, -0.05) is 18.2 Å². The molecule has 2 amide bonds. The minimum atomic E-state index is -0.0359. The molecule has 0 spiro atoms. The number of nitrogens with zero attached hydrogens (tertiary/aromatic N) is 1. The largest absolute Gasteiger partial charge is 0.383 e. The van der Waals surface area contributed by atoms with Crippen LogP contribution in [0, 0.1) is 0 Å². The number of anilines is 1. The SMILES string of the molecule is CN(C)C(=O)N[C@H]1CNc2ccccc2C1. The fourth-order valence-electron chi connectivity index (χ4n) is 1.85. The summed E-state index contributed by atoms with van der Waals surface area (Å²) in [7, 11) is 3.50. The van der Waals surface area contributed by atoms with Crippen LogP contribution in [0.2, 0.25) is 0 Å². The van der Waals surface area contributed by atoms with Crippen LogP contribution in [0.3, 0.4) is 0 Å².